The van der Waals surface area contributed by atoms with Gasteiger partial charge >= 0.3 is 0 Å². The Bertz CT molecular complexity index is 504. The van der Waals surface area contributed by atoms with Crippen molar-refractivity contribution in [3.05, 3.63) is 29.6 Å². The fraction of sp³-hybridized carbons (Fsp3) is 0.667. The first-order valence-electron chi connectivity index (χ1n) is 8.08. The number of nitrogens with one attached hydrogen (secondary N) is 1. The second-order valence-corrected chi connectivity index (χ2v) is 7.31. The van der Waals surface area contributed by atoms with E-state index < -0.39 is 0 Å². The Morgan fingerprint density at radius 2 is 2.05 bits per heavy atom. The number of halogens is 1. The van der Waals surface area contributed by atoms with Crippen LogP contribution in [0, 0.1) is 23.1 Å². The van der Waals surface area contributed by atoms with E-state index >= 15 is 0 Å². The predicted octanol–water partition coefficient (Wildman–Crippen LogP) is 3.79. The molecule has 1 aromatic carbocycles. The zero-order valence-corrected chi connectivity index (χ0v) is 13.3. The molecule has 0 amide bonds. The molecule has 116 valence electrons. The standard InChI is InChI=1S/C18H26FNO/c1-12(2)20-11-18(9-14-7-15(14)10-18)8-13-5-4-6-16(21-3)17(13)19/h4-6,12,14-15,20H,7-11H2,1-3H3. The summed E-state index contributed by atoms with van der Waals surface area (Å²) >= 11 is 0. The molecule has 1 aromatic rings. The van der Waals surface area contributed by atoms with Gasteiger partial charge in [-0.3, -0.25) is 0 Å². The molecular formula is C18H26FNO. The maximum absolute atomic E-state index is 14.5. The largest absolute Gasteiger partial charge is 0.494 e. The molecule has 2 saturated carbocycles. The predicted molar refractivity (Wildman–Crippen MR) is 83.1 cm³/mol. The highest BCUT2D eigenvalue weighted by molar-refractivity contribution is 5.32. The minimum atomic E-state index is -0.176. The molecule has 0 spiro atoms. The van der Waals surface area contributed by atoms with Gasteiger partial charge in [0.25, 0.3) is 0 Å². The van der Waals surface area contributed by atoms with Crippen LogP contribution in [0.3, 0.4) is 0 Å². The second kappa shape index (κ2) is 5.60. The maximum atomic E-state index is 14.5. The molecule has 0 aliphatic heterocycles. The third-order valence-electron chi connectivity index (χ3n) is 5.17. The van der Waals surface area contributed by atoms with Crippen LogP contribution in [-0.4, -0.2) is 19.7 Å². The summed E-state index contributed by atoms with van der Waals surface area (Å²) in [5, 5.41) is 3.58. The third-order valence-corrected chi connectivity index (χ3v) is 5.17. The highest BCUT2D eigenvalue weighted by Gasteiger charge is 2.53. The highest BCUT2D eigenvalue weighted by Crippen LogP contribution is 2.60. The molecule has 0 radical (unpaired) electrons. The first kappa shape index (κ1) is 14.8. The summed E-state index contributed by atoms with van der Waals surface area (Å²) in [6.07, 6.45) is 4.70. The lowest BCUT2D eigenvalue weighted by Gasteiger charge is -2.32. The topological polar surface area (TPSA) is 21.3 Å². The smallest absolute Gasteiger partial charge is 0.168 e. The fourth-order valence-electron chi connectivity index (χ4n) is 4.03. The lowest BCUT2D eigenvalue weighted by atomic mass is 9.77. The highest BCUT2D eigenvalue weighted by atomic mass is 19.1. The van der Waals surface area contributed by atoms with Crippen LogP contribution in [-0.2, 0) is 6.42 Å². The molecule has 2 atom stereocenters. The number of hydrogen-bond donors (Lipinski definition) is 1. The first-order chi connectivity index (χ1) is 10.0. The van der Waals surface area contributed by atoms with Crippen LogP contribution in [0.4, 0.5) is 4.39 Å². The van der Waals surface area contributed by atoms with Gasteiger partial charge in [-0.2, -0.15) is 0 Å². The molecule has 3 heteroatoms. The quantitative estimate of drug-likeness (QED) is 0.861. The van der Waals surface area contributed by atoms with Gasteiger partial charge in [-0.25, -0.2) is 4.39 Å². The molecular weight excluding hydrogens is 265 g/mol. The van der Waals surface area contributed by atoms with Gasteiger partial charge in [-0.15, -0.1) is 0 Å². The van der Waals surface area contributed by atoms with Crippen molar-refractivity contribution in [3.63, 3.8) is 0 Å². The van der Waals surface area contributed by atoms with Gasteiger partial charge in [0.1, 0.15) is 0 Å². The summed E-state index contributed by atoms with van der Waals surface area (Å²) in [6.45, 7) is 5.35. The molecule has 1 N–H and O–H groups in total. The van der Waals surface area contributed by atoms with E-state index in [2.05, 4.69) is 19.2 Å². The Morgan fingerprint density at radius 3 is 2.67 bits per heavy atom. The van der Waals surface area contributed by atoms with Crippen LogP contribution in [0.15, 0.2) is 18.2 Å². The van der Waals surface area contributed by atoms with Crippen molar-refractivity contribution >= 4 is 0 Å². The van der Waals surface area contributed by atoms with E-state index in [1.54, 1.807) is 6.07 Å². The summed E-state index contributed by atoms with van der Waals surface area (Å²) in [6, 6.07) is 5.99. The molecule has 2 nitrogen and oxygen atoms in total. The average molecular weight is 291 g/mol. The number of methoxy groups -OCH3 is 1. The van der Waals surface area contributed by atoms with Crippen molar-refractivity contribution in [2.45, 2.75) is 45.6 Å². The Hall–Kier alpha value is -1.09. The monoisotopic (exact) mass is 291 g/mol. The van der Waals surface area contributed by atoms with E-state index in [1.807, 2.05) is 12.1 Å². The van der Waals surface area contributed by atoms with Gasteiger partial charge in [0.05, 0.1) is 7.11 Å². The lowest BCUT2D eigenvalue weighted by Crippen LogP contribution is -2.38. The first-order valence-corrected chi connectivity index (χ1v) is 8.08. The number of ether oxygens (including phenoxy) is 1. The second-order valence-electron chi connectivity index (χ2n) is 7.31. The molecule has 0 saturated heterocycles. The van der Waals surface area contributed by atoms with Crippen molar-refractivity contribution in [1.82, 2.24) is 5.32 Å². The third kappa shape index (κ3) is 3.08. The van der Waals surface area contributed by atoms with Crippen LogP contribution >= 0.6 is 0 Å². The summed E-state index contributed by atoms with van der Waals surface area (Å²) in [4.78, 5) is 0. The number of rotatable bonds is 6. The minimum Gasteiger partial charge on any atom is -0.494 e. The normalized spacial score (nSPS) is 30.5. The van der Waals surface area contributed by atoms with Crippen molar-refractivity contribution in [3.8, 4) is 5.75 Å². The van der Waals surface area contributed by atoms with Gasteiger partial charge in [0.15, 0.2) is 11.6 Å². The Kier molecular flexibility index (Phi) is 3.96. The number of fused-ring (bicyclic) bond motifs is 1. The van der Waals surface area contributed by atoms with Crippen molar-refractivity contribution in [1.29, 1.82) is 0 Å². The van der Waals surface area contributed by atoms with Crippen molar-refractivity contribution in [2.24, 2.45) is 17.3 Å². The number of benzene rings is 1. The van der Waals surface area contributed by atoms with E-state index in [0.717, 1.165) is 30.4 Å². The van der Waals surface area contributed by atoms with Crippen LogP contribution in [0.5, 0.6) is 5.75 Å². The molecule has 2 unspecified atom stereocenters. The maximum Gasteiger partial charge on any atom is 0.168 e. The molecule has 0 aromatic heterocycles. The lowest BCUT2D eigenvalue weighted by molar-refractivity contribution is 0.238. The molecule has 3 rings (SSSR count). The summed E-state index contributed by atoms with van der Waals surface area (Å²) in [5.41, 5.74) is 1.03. The zero-order valence-electron chi connectivity index (χ0n) is 13.3. The summed E-state index contributed by atoms with van der Waals surface area (Å²) in [5.74, 6) is 1.98. The Balaban J connectivity index is 1.78. The Morgan fingerprint density at radius 1 is 1.33 bits per heavy atom. The van der Waals surface area contributed by atoms with Gasteiger partial charge < -0.3 is 10.1 Å². The number of hydrogen-bond acceptors (Lipinski definition) is 2. The van der Waals surface area contributed by atoms with Gasteiger partial charge in [0.2, 0.25) is 0 Å². The SMILES string of the molecule is COc1cccc(CC2(CNC(C)C)CC3CC3C2)c1F. The Labute approximate surface area is 127 Å². The van der Waals surface area contributed by atoms with Crippen LogP contribution in [0.1, 0.15) is 38.7 Å². The van der Waals surface area contributed by atoms with E-state index in [-0.39, 0.29) is 11.2 Å². The zero-order chi connectivity index (χ0) is 15.0. The average Bonchev–Trinajstić information content (AvgIpc) is 3.07. The molecule has 0 heterocycles. The van der Waals surface area contributed by atoms with Gasteiger partial charge in [-0.1, -0.05) is 26.0 Å². The fourth-order valence-corrected chi connectivity index (χ4v) is 4.03. The van der Waals surface area contributed by atoms with Crippen LogP contribution in [0.25, 0.3) is 0 Å². The summed E-state index contributed by atoms with van der Waals surface area (Å²) in [7, 11) is 1.53. The van der Waals surface area contributed by atoms with Crippen molar-refractivity contribution in [2.75, 3.05) is 13.7 Å². The molecule has 0 bridgehead atoms. The van der Waals surface area contributed by atoms with E-state index in [4.69, 9.17) is 4.74 Å². The molecule has 2 aliphatic carbocycles. The molecule has 2 fully saturated rings. The van der Waals surface area contributed by atoms with Crippen molar-refractivity contribution < 1.29 is 9.13 Å². The van der Waals surface area contributed by atoms with E-state index in [0.29, 0.717) is 11.8 Å². The van der Waals surface area contributed by atoms with Crippen LogP contribution < -0.4 is 10.1 Å². The van der Waals surface area contributed by atoms with Gasteiger partial charge in [0, 0.05) is 12.6 Å². The van der Waals surface area contributed by atoms with Crippen LogP contribution in [0.2, 0.25) is 0 Å². The molecule has 2 aliphatic rings. The molecule has 21 heavy (non-hydrogen) atoms. The minimum absolute atomic E-state index is 0.176. The van der Waals surface area contributed by atoms with E-state index in [1.165, 1.54) is 26.4 Å². The van der Waals surface area contributed by atoms with Gasteiger partial charge in [-0.05, 0) is 54.6 Å². The summed E-state index contributed by atoms with van der Waals surface area (Å²) < 4.78 is 19.6. The van der Waals surface area contributed by atoms with E-state index in [9.17, 15) is 4.39 Å².